The normalized spacial score (nSPS) is 15.9. The minimum Gasteiger partial charge on any atom is -0.216 e. The van der Waals surface area contributed by atoms with Crippen LogP contribution >= 0.6 is 0 Å². The van der Waals surface area contributed by atoms with Crippen molar-refractivity contribution in [2.45, 2.75) is 23.9 Å². The quantitative estimate of drug-likeness (QED) is 0.677. The predicted molar refractivity (Wildman–Crippen MR) is 31.1 cm³/mol. The van der Waals surface area contributed by atoms with Crippen molar-refractivity contribution in [2.24, 2.45) is 0 Å². The molecule has 0 nitrogen and oxygen atoms in total. The van der Waals surface area contributed by atoms with Crippen LogP contribution in [0.1, 0.15) is 0 Å². The molecule has 0 atom stereocenters. The molecule has 0 aliphatic carbocycles. The summed E-state index contributed by atoms with van der Waals surface area (Å²) in [4.78, 5) is 0. The van der Waals surface area contributed by atoms with E-state index in [0.717, 1.165) is 0 Å². The van der Waals surface area contributed by atoms with Crippen molar-refractivity contribution >= 4 is 0 Å². The number of halogens is 10. The average molecular weight is 264 g/mol. The lowest BCUT2D eigenvalue weighted by atomic mass is 10.0. The molecule has 0 aromatic heterocycles. The van der Waals surface area contributed by atoms with Crippen molar-refractivity contribution in [1.82, 2.24) is 0 Å². The molecule has 96 valence electrons. The largest absolute Gasteiger partial charge is 0.460 e. The van der Waals surface area contributed by atoms with E-state index in [9.17, 15) is 43.9 Å². The van der Waals surface area contributed by atoms with Gasteiger partial charge in [0.05, 0.1) is 6.33 Å². The van der Waals surface area contributed by atoms with Gasteiger partial charge in [-0.25, -0.2) is 4.39 Å². The molecule has 0 aliphatic rings. The maximum absolute atomic E-state index is 12.2. The van der Waals surface area contributed by atoms with Gasteiger partial charge in [0, 0.05) is 6.08 Å². The summed E-state index contributed by atoms with van der Waals surface area (Å²) >= 11 is 0. The smallest absolute Gasteiger partial charge is 0.216 e. The first-order valence-electron chi connectivity index (χ1n) is 3.29. The molecule has 16 heavy (non-hydrogen) atoms. The Hall–Kier alpha value is -0.960. The lowest BCUT2D eigenvalue weighted by molar-refractivity contribution is -0.388. The minimum atomic E-state index is -6.98. The SMILES string of the molecule is F/C=C/C(F)(F)C(F)(F)C(F)(F)C(F)(F)F. The molecule has 0 amide bonds. The van der Waals surface area contributed by atoms with Gasteiger partial charge < -0.3 is 0 Å². The Labute approximate surface area is 81.5 Å². The summed E-state index contributed by atoms with van der Waals surface area (Å²) in [5.74, 6) is -19.7. The zero-order valence-corrected chi connectivity index (χ0v) is 6.93. The molecule has 0 heterocycles. The summed E-state index contributed by atoms with van der Waals surface area (Å²) in [6.07, 6.45) is -9.52. The summed E-state index contributed by atoms with van der Waals surface area (Å²) in [5, 5.41) is 0. The van der Waals surface area contributed by atoms with E-state index in [2.05, 4.69) is 0 Å². The van der Waals surface area contributed by atoms with Crippen LogP contribution in [0.15, 0.2) is 12.4 Å². The zero-order valence-electron chi connectivity index (χ0n) is 6.93. The average Bonchev–Trinajstić information content (AvgIpc) is 2.01. The molecule has 0 aromatic carbocycles. The lowest BCUT2D eigenvalue weighted by Gasteiger charge is -2.31. The second-order valence-corrected chi connectivity index (χ2v) is 2.56. The van der Waals surface area contributed by atoms with E-state index in [1.54, 1.807) is 0 Å². The Morgan fingerprint density at radius 2 is 1.00 bits per heavy atom. The highest BCUT2D eigenvalue weighted by Crippen LogP contribution is 2.53. The van der Waals surface area contributed by atoms with Gasteiger partial charge in [-0.05, 0) is 0 Å². The molecule has 0 bridgehead atoms. The maximum atomic E-state index is 12.2. The second-order valence-electron chi connectivity index (χ2n) is 2.56. The van der Waals surface area contributed by atoms with Crippen molar-refractivity contribution < 1.29 is 43.9 Å². The van der Waals surface area contributed by atoms with E-state index in [-0.39, 0.29) is 0 Å². The molecule has 0 aliphatic heterocycles. The number of alkyl halides is 9. The van der Waals surface area contributed by atoms with Crippen molar-refractivity contribution in [3.63, 3.8) is 0 Å². The van der Waals surface area contributed by atoms with Crippen LogP contribution in [-0.2, 0) is 0 Å². The highest BCUT2D eigenvalue weighted by Gasteiger charge is 2.81. The third-order valence-electron chi connectivity index (χ3n) is 1.44. The van der Waals surface area contributed by atoms with Crippen LogP contribution in [0, 0.1) is 0 Å². The van der Waals surface area contributed by atoms with Gasteiger partial charge in [0.2, 0.25) is 0 Å². The minimum absolute atomic E-state index is 1.25. The van der Waals surface area contributed by atoms with Gasteiger partial charge in [0.25, 0.3) is 0 Å². The molecule has 0 fully saturated rings. The standard InChI is InChI=1S/C6H2F10/c7-2-1-3(8,9)4(10,11)5(12,13)6(14,15)16/h1-2H/b2-1+. The van der Waals surface area contributed by atoms with Crippen molar-refractivity contribution in [1.29, 1.82) is 0 Å². The molecule has 0 saturated heterocycles. The maximum Gasteiger partial charge on any atom is 0.460 e. The van der Waals surface area contributed by atoms with Crippen LogP contribution in [0.4, 0.5) is 43.9 Å². The molecular formula is C6H2F10. The summed E-state index contributed by atoms with van der Waals surface area (Å²) in [6, 6.07) is 0. The van der Waals surface area contributed by atoms with E-state index in [1.807, 2.05) is 0 Å². The number of hydrogen-bond acceptors (Lipinski definition) is 0. The Balaban J connectivity index is 5.52. The zero-order chi connectivity index (χ0) is 13.4. The van der Waals surface area contributed by atoms with Crippen LogP contribution in [-0.4, -0.2) is 23.9 Å². The topological polar surface area (TPSA) is 0 Å². The lowest BCUT2D eigenvalue weighted by Crippen LogP contribution is -2.60. The fourth-order valence-corrected chi connectivity index (χ4v) is 0.571. The molecule has 0 saturated carbocycles. The first kappa shape index (κ1) is 15.0. The molecule has 0 unspecified atom stereocenters. The monoisotopic (exact) mass is 264 g/mol. The Kier molecular flexibility index (Phi) is 3.58. The van der Waals surface area contributed by atoms with Crippen LogP contribution in [0.25, 0.3) is 0 Å². The van der Waals surface area contributed by atoms with Gasteiger partial charge in [0.1, 0.15) is 0 Å². The predicted octanol–water partition coefficient (Wildman–Crippen LogP) is 3.94. The Bertz CT molecular complexity index is 272. The van der Waals surface area contributed by atoms with E-state index in [0.29, 0.717) is 0 Å². The molecule has 0 N–H and O–H groups in total. The Morgan fingerprint density at radius 1 is 0.625 bits per heavy atom. The van der Waals surface area contributed by atoms with Crippen molar-refractivity contribution in [3.05, 3.63) is 12.4 Å². The van der Waals surface area contributed by atoms with Gasteiger partial charge in [0.15, 0.2) is 0 Å². The van der Waals surface area contributed by atoms with E-state index in [4.69, 9.17) is 0 Å². The van der Waals surface area contributed by atoms with Crippen LogP contribution in [0.3, 0.4) is 0 Å². The molecule has 0 spiro atoms. The highest BCUT2D eigenvalue weighted by molar-refractivity contribution is 5.08. The Morgan fingerprint density at radius 3 is 1.25 bits per heavy atom. The van der Waals surface area contributed by atoms with Crippen LogP contribution in [0.2, 0.25) is 0 Å². The molecular weight excluding hydrogens is 262 g/mol. The van der Waals surface area contributed by atoms with Gasteiger partial charge in [-0.15, -0.1) is 0 Å². The third kappa shape index (κ3) is 2.09. The van der Waals surface area contributed by atoms with Gasteiger partial charge in [-0.3, -0.25) is 0 Å². The second kappa shape index (κ2) is 3.81. The number of rotatable bonds is 3. The molecule has 0 radical (unpaired) electrons. The van der Waals surface area contributed by atoms with E-state index >= 15 is 0 Å². The summed E-state index contributed by atoms with van der Waals surface area (Å²) in [7, 11) is 0. The van der Waals surface area contributed by atoms with Crippen LogP contribution < -0.4 is 0 Å². The summed E-state index contributed by atoms with van der Waals surface area (Å²) in [5.41, 5.74) is 0. The number of allylic oxidation sites excluding steroid dienone is 1. The van der Waals surface area contributed by atoms with Gasteiger partial charge >= 0.3 is 23.9 Å². The number of hydrogen-bond donors (Lipinski definition) is 0. The first-order valence-corrected chi connectivity index (χ1v) is 3.29. The molecule has 0 aromatic rings. The van der Waals surface area contributed by atoms with Crippen LogP contribution in [0.5, 0.6) is 0 Å². The van der Waals surface area contributed by atoms with Gasteiger partial charge in [-0.2, -0.15) is 39.5 Å². The van der Waals surface area contributed by atoms with E-state index < -0.39 is 36.3 Å². The summed E-state index contributed by atoms with van der Waals surface area (Å²) in [6.45, 7) is 0. The fraction of sp³-hybridized carbons (Fsp3) is 0.667. The third-order valence-corrected chi connectivity index (χ3v) is 1.44. The fourth-order valence-electron chi connectivity index (χ4n) is 0.571. The van der Waals surface area contributed by atoms with Crippen molar-refractivity contribution in [2.75, 3.05) is 0 Å². The highest BCUT2D eigenvalue weighted by atomic mass is 19.4. The molecule has 0 rings (SSSR count). The first-order chi connectivity index (χ1) is 6.81. The van der Waals surface area contributed by atoms with Crippen molar-refractivity contribution in [3.8, 4) is 0 Å². The van der Waals surface area contributed by atoms with Gasteiger partial charge in [-0.1, -0.05) is 0 Å². The summed E-state index contributed by atoms with van der Waals surface area (Å²) < 4.78 is 118. The van der Waals surface area contributed by atoms with E-state index in [1.165, 1.54) is 0 Å². The molecule has 10 heteroatoms.